The Morgan fingerprint density at radius 2 is 1.85 bits per heavy atom. The molecule has 2 aromatic rings. The third-order valence-electron chi connectivity index (χ3n) is 5.36. The first-order valence-corrected chi connectivity index (χ1v) is 10.2. The number of hydrogen-bond donors (Lipinski definition) is 0. The summed E-state index contributed by atoms with van der Waals surface area (Å²) in [5, 5.41) is 0. The van der Waals surface area contributed by atoms with Crippen molar-refractivity contribution in [3.05, 3.63) is 53.1 Å². The van der Waals surface area contributed by atoms with E-state index in [0.29, 0.717) is 6.42 Å². The molecular formula is C24H31NO2. The van der Waals surface area contributed by atoms with E-state index in [-0.39, 0.29) is 5.78 Å². The summed E-state index contributed by atoms with van der Waals surface area (Å²) < 4.78 is 6.07. The smallest absolute Gasteiger partial charge is 0.162 e. The standard InChI is InChI=1S/C24H31NO2/c1-4-8-23(26)21-10-7-9-20(17-21)22-15-19(3)24(16-18(22)2)27-14-13-25-11-5-6-12-25/h7,9-10,15-17H,4-6,8,11-14H2,1-3H3. The Morgan fingerprint density at radius 3 is 2.59 bits per heavy atom. The molecule has 3 rings (SSSR count). The van der Waals surface area contributed by atoms with Gasteiger partial charge < -0.3 is 4.74 Å². The van der Waals surface area contributed by atoms with E-state index in [1.807, 2.05) is 25.1 Å². The zero-order chi connectivity index (χ0) is 19.2. The number of carbonyl (C=O) groups excluding carboxylic acids is 1. The van der Waals surface area contributed by atoms with Gasteiger partial charge in [-0.15, -0.1) is 0 Å². The summed E-state index contributed by atoms with van der Waals surface area (Å²) >= 11 is 0. The second-order valence-corrected chi connectivity index (χ2v) is 7.58. The Balaban J connectivity index is 1.74. The summed E-state index contributed by atoms with van der Waals surface area (Å²) in [6, 6.07) is 12.3. The quantitative estimate of drug-likeness (QED) is 0.584. The molecule has 27 heavy (non-hydrogen) atoms. The Labute approximate surface area is 163 Å². The molecule has 0 aromatic heterocycles. The summed E-state index contributed by atoms with van der Waals surface area (Å²) in [4.78, 5) is 14.7. The van der Waals surface area contributed by atoms with Crippen LogP contribution in [0.4, 0.5) is 0 Å². The van der Waals surface area contributed by atoms with Gasteiger partial charge in [-0.05, 0) is 86.7 Å². The zero-order valence-electron chi connectivity index (χ0n) is 16.9. The normalized spacial score (nSPS) is 14.5. The fraction of sp³-hybridized carbons (Fsp3) is 0.458. The van der Waals surface area contributed by atoms with Crippen molar-refractivity contribution in [3.8, 4) is 16.9 Å². The van der Waals surface area contributed by atoms with E-state index in [9.17, 15) is 4.79 Å². The maximum Gasteiger partial charge on any atom is 0.162 e. The molecule has 0 spiro atoms. The van der Waals surface area contributed by atoms with Crippen LogP contribution in [0.3, 0.4) is 0 Å². The Morgan fingerprint density at radius 1 is 1.07 bits per heavy atom. The molecule has 1 fully saturated rings. The lowest BCUT2D eigenvalue weighted by molar-refractivity contribution is 0.0982. The van der Waals surface area contributed by atoms with Crippen LogP contribution in [0.5, 0.6) is 5.75 Å². The van der Waals surface area contributed by atoms with Crippen LogP contribution in [0.2, 0.25) is 0 Å². The van der Waals surface area contributed by atoms with Crippen LogP contribution in [0.15, 0.2) is 36.4 Å². The number of aryl methyl sites for hydroxylation is 2. The third-order valence-corrected chi connectivity index (χ3v) is 5.36. The molecule has 2 aromatic carbocycles. The average molecular weight is 366 g/mol. The molecule has 3 nitrogen and oxygen atoms in total. The first kappa shape index (κ1) is 19.6. The number of Topliss-reactive ketones (excluding diaryl/α,β-unsaturated/α-hetero) is 1. The molecule has 0 radical (unpaired) electrons. The minimum Gasteiger partial charge on any atom is -0.492 e. The van der Waals surface area contributed by atoms with Crippen molar-refractivity contribution in [1.82, 2.24) is 4.90 Å². The fourth-order valence-corrected chi connectivity index (χ4v) is 3.78. The van der Waals surface area contributed by atoms with E-state index in [2.05, 4.69) is 36.9 Å². The van der Waals surface area contributed by atoms with E-state index < -0.39 is 0 Å². The number of likely N-dealkylation sites (tertiary alicyclic amines) is 1. The van der Waals surface area contributed by atoms with Crippen LogP contribution in [-0.4, -0.2) is 36.9 Å². The highest BCUT2D eigenvalue weighted by molar-refractivity contribution is 5.97. The van der Waals surface area contributed by atoms with Crippen molar-refractivity contribution < 1.29 is 9.53 Å². The van der Waals surface area contributed by atoms with Crippen molar-refractivity contribution in [3.63, 3.8) is 0 Å². The van der Waals surface area contributed by atoms with Gasteiger partial charge in [-0.25, -0.2) is 0 Å². The molecule has 1 aliphatic heterocycles. The molecule has 0 amide bonds. The number of nitrogens with zero attached hydrogens (tertiary/aromatic N) is 1. The molecule has 0 bridgehead atoms. The summed E-state index contributed by atoms with van der Waals surface area (Å²) in [5.74, 6) is 1.18. The maximum atomic E-state index is 12.2. The second kappa shape index (κ2) is 9.18. The number of rotatable bonds is 8. The Bertz CT molecular complexity index is 791. The Hall–Kier alpha value is -2.13. The van der Waals surface area contributed by atoms with E-state index >= 15 is 0 Å². The second-order valence-electron chi connectivity index (χ2n) is 7.58. The molecule has 3 heteroatoms. The molecule has 0 atom stereocenters. The lowest BCUT2D eigenvalue weighted by atomic mass is 9.95. The minimum atomic E-state index is 0.218. The molecule has 1 heterocycles. The van der Waals surface area contributed by atoms with Crippen LogP contribution in [0.1, 0.15) is 54.1 Å². The van der Waals surface area contributed by atoms with Gasteiger partial charge in [-0.3, -0.25) is 9.69 Å². The van der Waals surface area contributed by atoms with Crippen LogP contribution >= 0.6 is 0 Å². The maximum absolute atomic E-state index is 12.2. The number of carbonyl (C=O) groups is 1. The summed E-state index contributed by atoms with van der Waals surface area (Å²) in [7, 11) is 0. The van der Waals surface area contributed by atoms with Crippen molar-refractivity contribution in [2.45, 2.75) is 46.5 Å². The topological polar surface area (TPSA) is 29.5 Å². The predicted molar refractivity (Wildman–Crippen MR) is 112 cm³/mol. The first-order valence-electron chi connectivity index (χ1n) is 10.2. The molecule has 1 aliphatic rings. The molecule has 1 saturated heterocycles. The third kappa shape index (κ3) is 4.98. The van der Waals surface area contributed by atoms with E-state index in [1.54, 1.807) is 0 Å². The van der Waals surface area contributed by atoms with Gasteiger partial charge in [0.05, 0.1) is 0 Å². The van der Waals surface area contributed by atoms with Crippen LogP contribution in [-0.2, 0) is 0 Å². The lowest BCUT2D eigenvalue weighted by Crippen LogP contribution is -2.25. The van der Waals surface area contributed by atoms with Crippen molar-refractivity contribution >= 4 is 5.78 Å². The van der Waals surface area contributed by atoms with Gasteiger partial charge in [-0.1, -0.05) is 25.1 Å². The molecule has 0 unspecified atom stereocenters. The largest absolute Gasteiger partial charge is 0.492 e. The van der Waals surface area contributed by atoms with Gasteiger partial charge in [0.2, 0.25) is 0 Å². The van der Waals surface area contributed by atoms with Gasteiger partial charge in [0, 0.05) is 18.5 Å². The highest BCUT2D eigenvalue weighted by Crippen LogP contribution is 2.31. The van der Waals surface area contributed by atoms with Gasteiger partial charge in [0.1, 0.15) is 12.4 Å². The molecule has 0 N–H and O–H groups in total. The SMILES string of the molecule is CCCC(=O)c1cccc(-c2cc(C)c(OCCN3CCCC3)cc2C)c1. The van der Waals surface area contributed by atoms with Crippen molar-refractivity contribution in [2.24, 2.45) is 0 Å². The van der Waals surface area contributed by atoms with Crippen LogP contribution in [0, 0.1) is 13.8 Å². The predicted octanol–water partition coefficient (Wildman–Crippen LogP) is 5.43. The van der Waals surface area contributed by atoms with Crippen molar-refractivity contribution in [1.29, 1.82) is 0 Å². The van der Waals surface area contributed by atoms with Gasteiger partial charge in [0.15, 0.2) is 5.78 Å². The van der Waals surface area contributed by atoms with E-state index in [1.165, 1.54) is 37.1 Å². The first-order chi connectivity index (χ1) is 13.1. The van der Waals surface area contributed by atoms with Crippen LogP contribution in [0.25, 0.3) is 11.1 Å². The van der Waals surface area contributed by atoms with Crippen LogP contribution < -0.4 is 4.74 Å². The number of ketones is 1. The molecular weight excluding hydrogens is 334 g/mol. The molecule has 144 valence electrons. The highest BCUT2D eigenvalue weighted by atomic mass is 16.5. The highest BCUT2D eigenvalue weighted by Gasteiger charge is 2.13. The van der Waals surface area contributed by atoms with Crippen molar-refractivity contribution in [2.75, 3.05) is 26.2 Å². The molecule has 0 saturated carbocycles. The van der Waals surface area contributed by atoms with E-state index in [4.69, 9.17) is 4.74 Å². The number of benzene rings is 2. The fourth-order valence-electron chi connectivity index (χ4n) is 3.78. The lowest BCUT2D eigenvalue weighted by Gasteiger charge is -2.17. The number of hydrogen-bond acceptors (Lipinski definition) is 3. The van der Waals surface area contributed by atoms with E-state index in [0.717, 1.165) is 42.0 Å². The monoisotopic (exact) mass is 365 g/mol. The van der Waals surface area contributed by atoms with Gasteiger partial charge >= 0.3 is 0 Å². The zero-order valence-corrected chi connectivity index (χ0v) is 16.9. The average Bonchev–Trinajstić information content (AvgIpc) is 3.18. The molecule has 0 aliphatic carbocycles. The van der Waals surface area contributed by atoms with Gasteiger partial charge in [-0.2, -0.15) is 0 Å². The minimum absolute atomic E-state index is 0.218. The summed E-state index contributed by atoms with van der Waals surface area (Å²) in [6.07, 6.45) is 4.11. The Kier molecular flexibility index (Phi) is 6.68. The summed E-state index contributed by atoms with van der Waals surface area (Å²) in [6.45, 7) is 10.4. The number of ether oxygens (including phenoxy) is 1. The van der Waals surface area contributed by atoms with Gasteiger partial charge in [0.25, 0.3) is 0 Å². The summed E-state index contributed by atoms with van der Waals surface area (Å²) in [5.41, 5.74) is 5.39.